The molecule has 1 aromatic heterocycles. The van der Waals surface area contributed by atoms with E-state index in [1.165, 1.54) is 12.1 Å². The molecule has 0 aliphatic carbocycles. The van der Waals surface area contributed by atoms with Crippen LogP contribution in [-0.2, 0) is 0 Å². The second-order valence-corrected chi connectivity index (χ2v) is 8.18. The van der Waals surface area contributed by atoms with E-state index in [0.29, 0.717) is 54.5 Å². The van der Waals surface area contributed by atoms with E-state index in [-0.39, 0.29) is 22.8 Å². The number of aromatic nitrogens is 1. The van der Waals surface area contributed by atoms with Gasteiger partial charge in [0.1, 0.15) is 5.82 Å². The van der Waals surface area contributed by atoms with Gasteiger partial charge in [0.25, 0.3) is 11.8 Å². The highest BCUT2D eigenvalue weighted by Crippen LogP contribution is 2.19. The Hall–Kier alpha value is -4.00. The van der Waals surface area contributed by atoms with Crippen LogP contribution < -0.4 is 5.43 Å². The Morgan fingerprint density at radius 2 is 1.42 bits per heavy atom. The average molecular weight is 443 g/mol. The number of hydrogen-bond donors (Lipinski definition) is 1. The molecule has 6 nitrogen and oxygen atoms in total. The van der Waals surface area contributed by atoms with Crippen LogP contribution >= 0.6 is 0 Å². The Kier molecular flexibility index (Phi) is 5.38. The van der Waals surface area contributed by atoms with Gasteiger partial charge in [-0.2, -0.15) is 0 Å². The number of carbonyl (C=O) groups excluding carboxylic acids is 2. The summed E-state index contributed by atoms with van der Waals surface area (Å²) in [6, 6.07) is 18.3. The van der Waals surface area contributed by atoms with Gasteiger partial charge in [0, 0.05) is 53.5 Å². The number of benzene rings is 3. The number of carbonyl (C=O) groups is 2. The zero-order chi connectivity index (χ0) is 22.9. The van der Waals surface area contributed by atoms with Crippen LogP contribution in [0.15, 0.2) is 71.5 Å². The summed E-state index contributed by atoms with van der Waals surface area (Å²) in [5.74, 6) is -1.11. The average Bonchev–Trinajstić information content (AvgIpc) is 3.10. The van der Waals surface area contributed by atoms with Gasteiger partial charge in [0.05, 0.1) is 5.56 Å². The van der Waals surface area contributed by atoms with E-state index in [1.807, 2.05) is 18.2 Å². The second-order valence-electron chi connectivity index (χ2n) is 8.18. The zero-order valence-electron chi connectivity index (χ0n) is 17.9. The SMILES string of the molecule is O=C(c1ccc2[nH]c3ccccc3c(=O)c2c1)N1CCCN(C(=O)c2ccccc2F)CC1. The predicted molar refractivity (Wildman–Crippen MR) is 125 cm³/mol. The van der Waals surface area contributed by atoms with Gasteiger partial charge >= 0.3 is 0 Å². The lowest BCUT2D eigenvalue weighted by Gasteiger charge is -2.22. The molecule has 1 aliphatic heterocycles. The molecule has 5 rings (SSSR count). The van der Waals surface area contributed by atoms with E-state index in [9.17, 15) is 18.8 Å². The number of nitrogens with one attached hydrogen (secondary N) is 1. The summed E-state index contributed by atoms with van der Waals surface area (Å²) >= 11 is 0. The molecule has 0 unspecified atom stereocenters. The zero-order valence-corrected chi connectivity index (χ0v) is 17.9. The fraction of sp³-hybridized carbons (Fsp3) is 0.192. The monoisotopic (exact) mass is 443 g/mol. The van der Waals surface area contributed by atoms with Crippen LogP contribution in [0.25, 0.3) is 21.8 Å². The number of para-hydroxylation sites is 1. The van der Waals surface area contributed by atoms with Crippen LogP contribution in [0.5, 0.6) is 0 Å². The summed E-state index contributed by atoms with van der Waals surface area (Å²) in [7, 11) is 0. The fourth-order valence-corrected chi connectivity index (χ4v) is 4.37. The molecule has 2 amide bonds. The highest BCUT2D eigenvalue weighted by molar-refractivity contribution is 6.00. The number of fused-ring (bicyclic) bond motifs is 2. The molecule has 0 spiro atoms. The Labute approximate surface area is 189 Å². The normalized spacial score (nSPS) is 14.5. The molecule has 0 atom stereocenters. The lowest BCUT2D eigenvalue weighted by Crippen LogP contribution is -2.37. The van der Waals surface area contributed by atoms with Gasteiger partial charge in [0.2, 0.25) is 0 Å². The van der Waals surface area contributed by atoms with Crippen molar-refractivity contribution in [3.8, 4) is 0 Å². The van der Waals surface area contributed by atoms with Gasteiger partial charge < -0.3 is 14.8 Å². The Morgan fingerprint density at radius 1 is 0.758 bits per heavy atom. The number of pyridine rings is 1. The molecule has 1 fully saturated rings. The molecule has 166 valence electrons. The summed E-state index contributed by atoms with van der Waals surface area (Å²) in [5, 5.41) is 1.04. The van der Waals surface area contributed by atoms with Crippen molar-refractivity contribution in [2.75, 3.05) is 26.2 Å². The van der Waals surface area contributed by atoms with Crippen LogP contribution in [0.1, 0.15) is 27.1 Å². The summed E-state index contributed by atoms with van der Waals surface area (Å²) < 4.78 is 14.0. The van der Waals surface area contributed by atoms with Crippen LogP contribution in [0.2, 0.25) is 0 Å². The van der Waals surface area contributed by atoms with Gasteiger partial charge in [-0.3, -0.25) is 14.4 Å². The molecular weight excluding hydrogens is 421 g/mol. The van der Waals surface area contributed by atoms with Crippen molar-refractivity contribution in [3.05, 3.63) is 93.9 Å². The first kappa shape index (κ1) is 20.9. The van der Waals surface area contributed by atoms with Crippen molar-refractivity contribution in [1.82, 2.24) is 14.8 Å². The maximum atomic E-state index is 14.0. The van der Waals surface area contributed by atoms with Crippen LogP contribution in [0.3, 0.4) is 0 Å². The molecule has 4 aromatic rings. The summed E-state index contributed by atoms with van der Waals surface area (Å²) in [6.07, 6.45) is 0.588. The molecular formula is C26H22FN3O3. The predicted octanol–water partition coefficient (Wildman–Crippen LogP) is 3.81. The van der Waals surface area contributed by atoms with E-state index in [0.717, 1.165) is 5.52 Å². The minimum atomic E-state index is -0.548. The lowest BCUT2D eigenvalue weighted by atomic mass is 10.1. The molecule has 1 saturated heterocycles. The van der Waals surface area contributed by atoms with Gasteiger partial charge in [-0.25, -0.2) is 4.39 Å². The number of halogens is 1. The number of amides is 2. The van der Waals surface area contributed by atoms with Crippen molar-refractivity contribution in [3.63, 3.8) is 0 Å². The summed E-state index contributed by atoms with van der Waals surface area (Å²) in [4.78, 5) is 45.4. The maximum Gasteiger partial charge on any atom is 0.256 e. The van der Waals surface area contributed by atoms with E-state index in [2.05, 4.69) is 4.98 Å². The topological polar surface area (TPSA) is 73.5 Å². The minimum absolute atomic E-state index is 0.0401. The van der Waals surface area contributed by atoms with Crippen molar-refractivity contribution in [1.29, 1.82) is 0 Å². The third-order valence-corrected chi connectivity index (χ3v) is 6.13. The fourth-order valence-electron chi connectivity index (χ4n) is 4.37. The largest absolute Gasteiger partial charge is 0.354 e. The number of rotatable bonds is 2. The van der Waals surface area contributed by atoms with Gasteiger partial charge in [-0.15, -0.1) is 0 Å². The standard InChI is InChI=1S/C26H22FN3O3/c27-21-8-3-1-6-18(21)26(33)30-13-5-12-29(14-15-30)25(32)17-10-11-23-20(16-17)24(31)19-7-2-4-9-22(19)28-23/h1-4,6-11,16H,5,12-15H2,(H,28,31). The second kappa shape index (κ2) is 8.50. The van der Waals surface area contributed by atoms with Gasteiger partial charge in [-0.1, -0.05) is 24.3 Å². The molecule has 2 heterocycles. The number of hydrogen-bond acceptors (Lipinski definition) is 3. The number of H-pyrrole nitrogens is 1. The number of nitrogens with zero attached hydrogens (tertiary/aromatic N) is 2. The van der Waals surface area contributed by atoms with Crippen molar-refractivity contribution < 1.29 is 14.0 Å². The molecule has 33 heavy (non-hydrogen) atoms. The van der Waals surface area contributed by atoms with Crippen LogP contribution in [-0.4, -0.2) is 52.8 Å². The highest BCUT2D eigenvalue weighted by atomic mass is 19.1. The molecule has 0 saturated carbocycles. The van der Waals surface area contributed by atoms with E-state index >= 15 is 0 Å². The van der Waals surface area contributed by atoms with E-state index in [1.54, 1.807) is 46.2 Å². The molecule has 0 radical (unpaired) electrons. The first-order chi connectivity index (χ1) is 16.0. The van der Waals surface area contributed by atoms with E-state index < -0.39 is 5.82 Å². The number of aromatic amines is 1. The van der Waals surface area contributed by atoms with Gasteiger partial charge in [-0.05, 0) is 48.9 Å². The molecule has 1 aliphatic rings. The van der Waals surface area contributed by atoms with E-state index in [4.69, 9.17) is 0 Å². The summed E-state index contributed by atoms with van der Waals surface area (Å²) in [6.45, 7) is 1.58. The lowest BCUT2D eigenvalue weighted by molar-refractivity contribution is 0.0716. The molecule has 7 heteroatoms. The molecule has 0 bridgehead atoms. The Bertz CT molecular complexity index is 1450. The first-order valence-corrected chi connectivity index (χ1v) is 10.9. The highest BCUT2D eigenvalue weighted by Gasteiger charge is 2.25. The maximum absolute atomic E-state index is 14.0. The third-order valence-electron chi connectivity index (χ3n) is 6.13. The van der Waals surface area contributed by atoms with Gasteiger partial charge in [0.15, 0.2) is 5.43 Å². The molecule has 3 aromatic carbocycles. The first-order valence-electron chi connectivity index (χ1n) is 10.9. The van der Waals surface area contributed by atoms with Crippen molar-refractivity contribution in [2.24, 2.45) is 0 Å². The smallest absolute Gasteiger partial charge is 0.256 e. The van der Waals surface area contributed by atoms with Crippen molar-refractivity contribution in [2.45, 2.75) is 6.42 Å². The Balaban J connectivity index is 1.38. The Morgan fingerprint density at radius 3 is 2.21 bits per heavy atom. The van der Waals surface area contributed by atoms with Crippen molar-refractivity contribution >= 4 is 33.6 Å². The quantitative estimate of drug-likeness (QED) is 0.479. The minimum Gasteiger partial charge on any atom is -0.354 e. The van der Waals surface area contributed by atoms with Crippen LogP contribution in [0, 0.1) is 5.82 Å². The summed E-state index contributed by atoms with van der Waals surface area (Å²) in [5.41, 5.74) is 1.77. The van der Waals surface area contributed by atoms with Crippen LogP contribution in [0.4, 0.5) is 4.39 Å². The third kappa shape index (κ3) is 3.86. The molecule has 1 N–H and O–H groups in total.